The quantitative estimate of drug-likeness (QED) is 0.743. The predicted molar refractivity (Wildman–Crippen MR) is 88.2 cm³/mol. The zero-order valence-electron chi connectivity index (χ0n) is 12.6. The summed E-state index contributed by atoms with van der Waals surface area (Å²) < 4.78 is 7.32. The van der Waals surface area contributed by atoms with E-state index in [-0.39, 0.29) is 0 Å². The largest absolute Gasteiger partial charge is 0.490 e. The van der Waals surface area contributed by atoms with Crippen LogP contribution in [0.2, 0.25) is 0 Å². The van der Waals surface area contributed by atoms with Crippen LogP contribution in [0.1, 0.15) is 51.5 Å². The Bertz CT molecular complexity index is 413. The zero-order valence-corrected chi connectivity index (χ0v) is 14.2. The second kappa shape index (κ2) is 8.04. The van der Waals surface area contributed by atoms with Crippen molar-refractivity contribution >= 4 is 15.9 Å². The lowest BCUT2D eigenvalue weighted by Gasteiger charge is -2.27. The Kier molecular flexibility index (Phi) is 6.37. The normalized spacial score (nSPS) is 22.8. The van der Waals surface area contributed by atoms with Crippen LogP contribution in [0.3, 0.4) is 0 Å². The van der Waals surface area contributed by atoms with Crippen LogP contribution in [-0.4, -0.2) is 12.6 Å². The minimum Gasteiger partial charge on any atom is -0.490 e. The van der Waals surface area contributed by atoms with Gasteiger partial charge in [0.05, 0.1) is 6.10 Å². The fourth-order valence-electron chi connectivity index (χ4n) is 2.70. The number of hydrogen-bond acceptors (Lipinski definition) is 2. The van der Waals surface area contributed by atoms with Crippen LogP contribution in [0.4, 0.5) is 0 Å². The van der Waals surface area contributed by atoms with Gasteiger partial charge >= 0.3 is 0 Å². The van der Waals surface area contributed by atoms with E-state index in [1.807, 2.05) is 0 Å². The molecule has 0 radical (unpaired) electrons. The summed E-state index contributed by atoms with van der Waals surface area (Å²) in [4.78, 5) is 0. The molecule has 1 aliphatic rings. The number of hydrogen-bond donors (Lipinski definition) is 1. The molecule has 2 rings (SSSR count). The molecule has 2 nitrogen and oxygen atoms in total. The molecule has 1 aromatic rings. The summed E-state index contributed by atoms with van der Waals surface area (Å²) in [6.07, 6.45) is 6.55. The van der Waals surface area contributed by atoms with Gasteiger partial charge in [-0.15, -0.1) is 0 Å². The maximum atomic E-state index is 6.16. The van der Waals surface area contributed by atoms with Crippen molar-refractivity contribution in [3.63, 3.8) is 0 Å². The van der Waals surface area contributed by atoms with Crippen molar-refractivity contribution < 1.29 is 4.74 Å². The van der Waals surface area contributed by atoms with Crippen LogP contribution >= 0.6 is 15.9 Å². The number of benzene rings is 1. The van der Waals surface area contributed by atoms with E-state index in [0.29, 0.717) is 6.10 Å². The minimum absolute atomic E-state index is 0.406. The van der Waals surface area contributed by atoms with E-state index in [2.05, 4.69) is 53.3 Å². The van der Waals surface area contributed by atoms with E-state index in [9.17, 15) is 0 Å². The standard InChI is InChI=1S/C17H26BrNO/c1-3-10-19-12-14-11-16(8-9-17(14)18)20-15-6-4-13(2)5-7-15/h8-9,11,13,15,19H,3-7,10,12H2,1-2H3. The van der Waals surface area contributed by atoms with Gasteiger partial charge in [-0.25, -0.2) is 0 Å². The topological polar surface area (TPSA) is 21.3 Å². The summed E-state index contributed by atoms with van der Waals surface area (Å²) >= 11 is 3.62. The monoisotopic (exact) mass is 339 g/mol. The molecule has 1 aromatic carbocycles. The molecule has 0 aliphatic heterocycles. The van der Waals surface area contributed by atoms with Gasteiger partial charge in [-0.05, 0) is 68.3 Å². The van der Waals surface area contributed by atoms with Gasteiger partial charge in [-0.3, -0.25) is 0 Å². The summed E-state index contributed by atoms with van der Waals surface area (Å²) in [5, 5.41) is 3.44. The summed E-state index contributed by atoms with van der Waals surface area (Å²) in [6.45, 7) is 6.48. The van der Waals surface area contributed by atoms with Crippen LogP contribution < -0.4 is 10.1 Å². The third-order valence-electron chi connectivity index (χ3n) is 4.03. The second-order valence-electron chi connectivity index (χ2n) is 5.93. The Morgan fingerprint density at radius 2 is 2.00 bits per heavy atom. The smallest absolute Gasteiger partial charge is 0.120 e. The van der Waals surface area contributed by atoms with Gasteiger partial charge in [0.15, 0.2) is 0 Å². The van der Waals surface area contributed by atoms with Crippen molar-refractivity contribution in [2.24, 2.45) is 5.92 Å². The van der Waals surface area contributed by atoms with E-state index in [1.54, 1.807) is 0 Å². The van der Waals surface area contributed by atoms with Gasteiger partial charge in [-0.2, -0.15) is 0 Å². The van der Waals surface area contributed by atoms with E-state index >= 15 is 0 Å². The SMILES string of the molecule is CCCNCc1cc(OC2CCC(C)CC2)ccc1Br. The molecule has 1 fully saturated rings. The molecule has 0 unspecified atom stereocenters. The maximum absolute atomic E-state index is 6.16. The van der Waals surface area contributed by atoms with Crippen LogP contribution in [0.15, 0.2) is 22.7 Å². The lowest BCUT2D eigenvalue weighted by molar-refractivity contribution is 0.135. The number of rotatable bonds is 6. The average Bonchev–Trinajstić information content (AvgIpc) is 2.45. The van der Waals surface area contributed by atoms with E-state index in [1.165, 1.54) is 31.2 Å². The van der Waals surface area contributed by atoms with Crippen molar-refractivity contribution in [1.82, 2.24) is 5.32 Å². The Morgan fingerprint density at radius 1 is 1.25 bits per heavy atom. The predicted octanol–water partition coefficient (Wildman–Crippen LogP) is 4.91. The Hall–Kier alpha value is -0.540. The number of halogens is 1. The highest BCUT2D eigenvalue weighted by Gasteiger charge is 2.19. The van der Waals surface area contributed by atoms with Gasteiger partial charge in [-0.1, -0.05) is 29.8 Å². The lowest BCUT2D eigenvalue weighted by atomic mass is 9.89. The van der Waals surface area contributed by atoms with Crippen molar-refractivity contribution in [3.8, 4) is 5.75 Å². The van der Waals surface area contributed by atoms with Gasteiger partial charge in [0.1, 0.15) is 5.75 Å². The molecule has 0 atom stereocenters. The molecule has 0 heterocycles. The van der Waals surface area contributed by atoms with E-state index in [4.69, 9.17) is 4.74 Å². The summed E-state index contributed by atoms with van der Waals surface area (Å²) in [5.41, 5.74) is 1.28. The fourth-order valence-corrected chi connectivity index (χ4v) is 3.09. The Morgan fingerprint density at radius 3 is 2.70 bits per heavy atom. The second-order valence-corrected chi connectivity index (χ2v) is 6.78. The highest BCUT2D eigenvalue weighted by Crippen LogP contribution is 2.29. The average molecular weight is 340 g/mol. The van der Waals surface area contributed by atoms with Crippen LogP contribution in [-0.2, 0) is 6.54 Å². The summed E-state index contributed by atoms with van der Waals surface area (Å²) in [5.74, 6) is 1.88. The summed E-state index contributed by atoms with van der Waals surface area (Å²) in [6, 6.07) is 6.35. The highest BCUT2D eigenvalue weighted by molar-refractivity contribution is 9.10. The molecule has 20 heavy (non-hydrogen) atoms. The molecule has 1 saturated carbocycles. The van der Waals surface area contributed by atoms with Gasteiger partial charge in [0, 0.05) is 11.0 Å². The molecule has 0 bridgehead atoms. The first kappa shape index (κ1) is 15.8. The molecule has 0 aromatic heterocycles. The van der Waals surface area contributed by atoms with Crippen LogP contribution in [0.5, 0.6) is 5.75 Å². The van der Waals surface area contributed by atoms with Gasteiger partial charge in [0.25, 0.3) is 0 Å². The Labute approximate surface area is 131 Å². The zero-order chi connectivity index (χ0) is 14.4. The van der Waals surface area contributed by atoms with Gasteiger partial charge in [0.2, 0.25) is 0 Å². The molecular formula is C17H26BrNO. The maximum Gasteiger partial charge on any atom is 0.120 e. The van der Waals surface area contributed by atoms with Crippen molar-refractivity contribution in [3.05, 3.63) is 28.2 Å². The highest BCUT2D eigenvalue weighted by atomic mass is 79.9. The molecular weight excluding hydrogens is 314 g/mol. The third kappa shape index (κ3) is 4.78. The molecule has 0 saturated heterocycles. The minimum atomic E-state index is 0.406. The van der Waals surface area contributed by atoms with Crippen molar-refractivity contribution in [2.45, 2.75) is 58.6 Å². The third-order valence-corrected chi connectivity index (χ3v) is 4.80. The molecule has 112 valence electrons. The molecule has 1 N–H and O–H groups in total. The molecule has 3 heteroatoms. The first-order valence-electron chi connectivity index (χ1n) is 7.84. The first-order chi connectivity index (χ1) is 9.69. The van der Waals surface area contributed by atoms with Crippen LogP contribution in [0.25, 0.3) is 0 Å². The lowest BCUT2D eigenvalue weighted by Crippen LogP contribution is -2.23. The van der Waals surface area contributed by atoms with Crippen molar-refractivity contribution in [2.75, 3.05) is 6.54 Å². The number of ether oxygens (including phenoxy) is 1. The fraction of sp³-hybridized carbons (Fsp3) is 0.647. The van der Waals surface area contributed by atoms with Crippen LogP contribution in [0, 0.1) is 5.92 Å². The van der Waals surface area contributed by atoms with E-state index in [0.717, 1.165) is 35.7 Å². The first-order valence-corrected chi connectivity index (χ1v) is 8.64. The van der Waals surface area contributed by atoms with E-state index < -0.39 is 0 Å². The Balaban J connectivity index is 1.92. The molecule has 0 spiro atoms. The molecule has 0 amide bonds. The molecule has 1 aliphatic carbocycles. The van der Waals surface area contributed by atoms with Crippen molar-refractivity contribution in [1.29, 1.82) is 0 Å². The number of nitrogens with one attached hydrogen (secondary N) is 1. The summed E-state index contributed by atoms with van der Waals surface area (Å²) in [7, 11) is 0. The van der Waals surface area contributed by atoms with Gasteiger partial charge < -0.3 is 10.1 Å².